The summed E-state index contributed by atoms with van der Waals surface area (Å²) in [5, 5.41) is 0. The summed E-state index contributed by atoms with van der Waals surface area (Å²) in [5.74, 6) is -0.0276. The molecule has 12 rings (SSSR count). The molecule has 3 atom stereocenters. The van der Waals surface area contributed by atoms with Crippen LogP contribution >= 0.6 is 0 Å². The topological polar surface area (TPSA) is 281 Å². The van der Waals surface area contributed by atoms with Gasteiger partial charge in [0.1, 0.15) is 53.7 Å². The number of aromatic nitrogens is 6. The zero-order chi connectivity index (χ0) is 64.4. The lowest BCUT2D eigenvalue weighted by molar-refractivity contribution is -0.130. The van der Waals surface area contributed by atoms with Crippen molar-refractivity contribution < 1.29 is 41.8 Å². The monoisotopic (exact) mass is 1220 g/mol. The van der Waals surface area contributed by atoms with Crippen LogP contribution in [0.25, 0.3) is 33.4 Å². The molecular weight excluding hydrogens is 1160 g/mol. The van der Waals surface area contributed by atoms with E-state index in [-0.39, 0.29) is 52.3 Å². The van der Waals surface area contributed by atoms with E-state index < -0.39 is 34.1 Å². The Morgan fingerprint density at radius 2 is 0.589 bits per heavy atom. The van der Waals surface area contributed by atoms with Crippen molar-refractivity contribution in [1.82, 2.24) is 44.6 Å². The highest BCUT2D eigenvalue weighted by molar-refractivity contribution is 6.11. The maximum absolute atomic E-state index is 14.7. The van der Waals surface area contributed by atoms with Crippen LogP contribution < -0.4 is 31.4 Å². The molecule has 9 aromatic rings. The van der Waals surface area contributed by atoms with Gasteiger partial charge < -0.3 is 31.4 Å². The van der Waals surface area contributed by atoms with Crippen molar-refractivity contribution in [2.24, 2.45) is 32.2 Å². The molecule has 0 bridgehead atoms. The first-order valence-corrected chi connectivity index (χ1v) is 27.7. The molecule has 3 aromatic heterocycles. The number of amides is 3. The number of methoxy groups -OCH3 is 3. The summed E-state index contributed by atoms with van der Waals surface area (Å²) in [4.78, 5) is 81.6. The smallest absolute Gasteiger partial charge is 0.266 e. The van der Waals surface area contributed by atoms with Crippen molar-refractivity contribution in [3.8, 4) is 50.6 Å². The number of guanidine groups is 3. The zero-order valence-corrected chi connectivity index (χ0v) is 50.3. The Bertz CT molecular complexity index is 3930. The number of carbonyl (C=O) groups is 3. The molecule has 0 fully saturated rings. The fourth-order valence-electron chi connectivity index (χ4n) is 11.1. The molecule has 0 spiro atoms. The second-order valence-corrected chi connectivity index (χ2v) is 21.2. The van der Waals surface area contributed by atoms with Gasteiger partial charge in [0.25, 0.3) is 17.7 Å². The Balaban J connectivity index is 0.000000148. The number of hydrogen-bond acceptors (Lipinski definition) is 18. The number of carbonyl (C=O) groups excluding carboxylic acids is 3. The molecule has 21 nitrogen and oxygen atoms in total. The van der Waals surface area contributed by atoms with Gasteiger partial charge in [-0.1, -0.05) is 36.4 Å². The molecule has 6 N–H and O–H groups in total. The highest BCUT2D eigenvalue weighted by Gasteiger charge is 2.52. The van der Waals surface area contributed by atoms with Crippen molar-refractivity contribution >= 4 is 35.6 Å². The summed E-state index contributed by atoms with van der Waals surface area (Å²) in [6.45, 7) is 5.64. The van der Waals surface area contributed by atoms with E-state index in [9.17, 15) is 27.6 Å². The number of rotatable bonds is 12. The van der Waals surface area contributed by atoms with Crippen LogP contribution in [-0.4, -0.2) is 123 Å². The molecule has 6 aromatic carbocycles. The van der Waals surface area contributed by atoms with Gasteiger partial charge in [0.2, 0.25) is 0 Å². The highest BCUT2D eigenvalue weighted by Crippen LogP contribution is 2.46. The maximum atomic E-state index is 14.7. The summed E-state index contributed by atoms with van der Waals surface area (Å²) in [6, 6.07) is 29.5. The molecule has 0 aliphatic carbocycles. The number of aryl methyl sites for hydroxylation is 3. The molecular formula is C66H60F3N15O6. The number of ether oxygens (including phenoxy) is 3. The number of hydrogen-bond donors (Lipinski definition) is 3. The lowest BCUT2D eigenvalue weighted by Gasteiger charge is -2.27. The fraction of sp³-hybridized carbons (Fsp3) is 0.182. The van der Waals surface area contributed by atoms with Crippen LogP contribution in [0.3, 0.4) is 0 Å². The Kier molecular flexibility index (Phi) is 17.0. The molecule has 24 heteroatoms. The van der Waals surface area contributed by atoms with Gasteiger partial charge in [-0.25, -0.2) is 58.1 Å². The van der Waals surface area contributed by atoms with Crippen molar-refractivity contribution in [1.29, 1.82) is 0 Å². The lowest BCUT2D eigenvalue weighted by Crippen LogP contribution is -2.41. The van der Waals surface area contributed by atoms with Crippen LogP contribution in [-0.2, 0) is 31.0 Å². The van der Waals surface area contributed by atoms with E-state index in [0.29, 0.717) is 67.3 Å². The minimum Gasteiger partial charge on any atom is -0.496 e. The summed E-state index contributed by atoms with van der Waals surface area (Å²) >= 11 is 0. The Morgan fingerprint density at radius 1 is 0.367 bits per heavy atom. The molecule has 3 aliphatic heterocycles. The van der Waals surface area contributed by atoms with Gasteiger partial charge in [0, 0.05) is 91.7 Å². The lowest BCUT2D eigenvalue weighted by atomic mass is 9.81. The summed E-state index contributed by atoms with van der Waals surface area (Å²) in [7, 11) is 9.43. The van der Waals surface area contributed by atoms with Gasteiger partial charge in [0.05, 0.1) is 21.3 Å². The predicted molar refractivity (Wildman–Crippen MR) is 331 cm³/mol. The summed E-state index contributed by atoms with van der Waals surface area (Å²) < 4.78 is 60.0. The normalized spacial score (nSPS) is 18.5. The van der Waals surface area contributed by atoms with Crippen LogP contribution in [0.1, 0.15) is 50.1 Å². The minimum atomic E-state index is -1.44. The predicted octanol–water partition coefficient (Wildman–Crippen LogP) is 7.89. The van der Waals surface area contributed by atoms with Crippen molar-refractivity contribution in [3.63, 3.8) is 0 Å². The first-order chi connectivity index (χ1) is 43.1. The van der Waals surface area contributed by atoms with Gasteiger partial charge in [-0.2, -0.15) is 0 Å². The number of likely N-dealkylation sites (N-methyl/N-ethyl adjacent to an activating group) is 3. The van der Waals surface area contributed by atoms with Crippen molar-refractivity contribution in [2.45, 2.75) is 37.4 Å². The molecule has 1 unspecified atom stereocenters. The maximum Gasteiger partial charge on any atom is 0.266 e. The SMILES string of the molecule is COc1ccc(C2(c3ccc(F)c(-c4cncnc4)c3)N=C(N)N(C)C2=O)cc1C.COc1ccc([C@@]2(c3ccc(F)c(-c4cncnc4)c3)N=C(N)N(C)C2=O)cc1C.COc1ccc([C@]2(c3ccc(F)c(-c4cncnc4)c3)N=C(N)N(C)C2=O)cc1C. The minimum absolute atomic E-state index is 0.0855. The van der Waals surface area contributed by atoms with E-state index in [4.69, 9.17) is 31.4 Å². The fourth-order valence-corrected chi connectivity index (χ4v) is 11.1. The third-order valence-electron chi connectivity index (χ3n) is 15.9. The average molecular weight is 1220 g/mol. The van der Waals surface area contributed by atoms with Crippen molar-refractivity contribution in [3.05, 3.63) is 233 Å². The number of benzene rings is 6. The molecule has 3 aliphatic rings. The van der Waals surface area contributed by atoms with E-state index in [0.717, 1.165) is 16.7 Å². The van der Waals surface area contributed by atoms with E-state index >= 15 is 0 Å². The Hall–Kier alpha value is -11.4. The second-order valence-electron chi connectivity index (χ2n) is 21.2. The third-order valence-corrected chi connectivity index (χ3v) is 15.9. The van der Waals surface area contributed by atoms with E-state index in [1.54, 1.807) is 115 Å². The molecule has 0 saturated carbocycles. The molecule has 0 radical (unpaired) electrons. The summed E-state index contributed by atoms with van der Waals surface area (Å²) in [5.41, 5.74) is 21.9. The zero-order valence-electron chi connectivity index (χ0n) is 50.3. The first-order valence-electron chi connectivity index (χ1n) is 27.7. The molecule has 90 heavy (non-hydrogen) atoms. The number of nitrogens with two attached hydrogens (primary N) is 3. The van der Waals surface area contributed by atoms with E-state index in [2.05, 4.69) is 44.9 Å². The van der Waals surface area contributed by atoms with Crippen LogP contribution in [0, 0.1) is 38.2 Å². The van der Waals surface area contributed by atoms with Crippen molar-refractivity contribution in [2.75, 3.05) is 42.5 Å². The van der Waals surface area contributed by atoms with Gasteiger partial charge in [-0.3, -0.25) is 29.1 Å². The third kappa shape index (κ3) is 10.8. The quantitative estimate of drug-likeness (QED) is 0.105. The second kappa shape index (κ2) is 24.7. The standard InChI is InChI=1S/3C22H20FN5O2/c3*1-13-8-15(5-7-19(13)30-3)22(20(29)28(2)21(24)27-22)16-4-6-18(23)17(9-16)14-10-25-12-26-11-14/h3*4-12H,1-3H3,(H2,24,27)/t2*22-;/m10./s1. The van der Waals surface area contributed by atoms with Gasteiger partial charge in [0.15, 0.2) is 34.5 Å². The Morgan fingerprint density at radius 3 is 0.789 bits per heavy atom. The molecule has 456 valence electrons. The van der Waals surface area contributed by atoms with E-state index in [1.807, 2.05) is 39.0 Å². The molecule has 6 heterocycles. The Labute approximate surface area is 515 Å². The number of nitrogens with zero attached hydrogens (tertiary/aromatic N) is 12. The molecule has 3 amide bonds. The number of aliphatic imine (C=N–C) groups is 3. The molecule has 0 saturated heterocycles. The van der Waals surface area contributed by atoms with Crippen LogP contribution in [0.4, 0.5) is 13.2 Å². The van der Waals surface area contributed by atoms with Gasteiger partial charge >= 0.3 is 0 Å². The van der Waals surface area contributed by atoms with Crippen LogP contribution in [0.5, 0.6) is 17.2 Å². The average Bonchev–Trinajstić information content (AvgIpc) is 1.56. The van der Waals surface area contributed by atoms with Gasteiger partial charge in [-0.05, 0) is 144 Å². The highest BCUT2D eigenvalue weighted by atomic mass is 19.1. The van der Waals surface area contributed by atoms with Crippen LogP contribution in [0.2, 0.25) is 0 Å². The van der Waals surface area contributed by atoms with Crippen LogP contribution in [0.15, 0.2) is 180 Å². The largest absolute Gasteiger partial charge is 0.496 e. The first kappa shape index (κ1) is 61.7. The van der Waals surface area contributed by atoms with Gasteiger partial charge in [-0.15, -0.1) is 0 Å². The number of halogens is 3. The van der Waals surface area contributed by atoms with E-state index in [1.165, 1.54) is 89.1 Å². The summed E-state index contributed by atoms with van der Waals surface area (Å²) in [6.07, 6.45) is 13.2.